The van der Waals surface area contributed by atoms with Crippen LogP contribution in [-0.4, -0.2) is 43.2 Å². The quantitative estimate of drug-likeness (QED) is 0.471. The van der Waals surface area contributed by atoms with Gasteiger partial charge in [0.1, 0.15) is 11.5 Å². The average molecular weight is 435 g/mol. The van der Waals surface area contributed by atoms with Crippen LogP contribution in [-0.2, 0) is 6.54 Å². The number of nitrogens with two attached hydrogens (primary N) is 1. The number of pyridine rings is 1. The molecule has 0 aliphatic carbocycles. The van der Waals surface area contributed by atoms with Crippen LogP contribution < -0.4 is 5.73 Å². The summed E-state index contributed by atoms with van der Waals surface area (Å²) < 4.78 is 29.2. The van der Waals surface area contributed by atoms with Gasteiger partial charge in [0.05, 0.1) is 5.56 Å². The second kappa shape index (κ2) is 9.19. The first-order valence-corrected chi connectivity index (χ1v) is 10.3. The van der Waals surface area contributed by atoms with Crippen molar-refractivity contribution in [3.63, 3.8) is 0 Å². The van der Waals surface area contributed by atoms with E-state index < -0.39 is 11.6 Å². The lowest BCUT2D eigenvalue weighted by molar-refractivity contribution is 0.296. The summed E-state index contributed by atoms with van der Waals surface area (Å²) in [6, 6.07) is 13.8. The van der Waals surface area contributed by atoms with Crippen LogP contribution in [0.3, 0.4) is 0 Å². The summed E-state index contributed by atoms with van der Waals surface area (Å²) in [5.74, 6) is -1.69. The Hall–Kier alpha value is -3.72. The third kappa shape index (κ3) is 4.19. The van der Waals surface area contributed by atoms with Gasteiger partial charge in [0.2, 0.25) is 0 Å². The molecule has 4 aromatic rings. The standard InChI is InChI=1S/C23H23F2N7/c1-3-31(4-2)14-15-8-10-16(11-9-15)17-12-18(22(26)27-13-17)23-28-29-30-32(23)20-7-5-6-19(24)21(20)25/h5-13H,3-4,14H2,1-2H3,(H2,26,27). The summed E-state index contributed by atoms with van der Waals surface area (Å²) in [5, 5.41) is 11.4. The number of hydrogen-bond acceptors (Lipinski definition) is 6. The molecule has 4 rings (SSSR count). The summed E-state index contributed by atoms with van der Waals surface area (Å²) in [7, 11) is 0. The lowest BCUT2D eigenvalue weighted by Crippen LogP contribution is -2.21. The van der Waals surface area contributed by atoms with Crippen LogP contribution in [0.4, 0.5) is 14.6 Å². The van der Waals surface area contributed by atoms with E-state index in [1.807, 2.05) is 12.1 Å². The molecule has 0 fully saturated rings. The number of tetrazole rings is 1. The zero-order valence-electron chi connectivity index (χ0n) is 17.8. The average Bonchev–Trinajstić information content (AvgIpc) is 3.29. The molecule has 0 aliphatic rings. The van der Waals surface area contributed by atoms with Crippen molar-refractivity contribution >= 4 is 5.82 Å². The maximum Gasteiger partial charge on any atom is 0.190 e. The van der Waals surface area contributed by atoms with E-state index in [1.54, 1.807) is 12.3 Å². The SMILES string of the molecule is CCN(CC)Cc1ccc(-c2cnc(N)c(-c3nnnn3-c3cccc(F)c3F)c2)cc1. The van der Waals surface area contributed by atoms with E-state index in [9.17, 15) is 8.78 Å². The van der Waals surface area contributed by atoms with E-state index >= 15 is 0 Å². The molecular formula is C23H23F2N7. The molecule has 0 bridgehead atoms. The Labute approximate surface area is 184 Å². The fourth-order valence-electron chi connectivity index (χ4n) is 3.49. The van der Waals surface area contributed by atoms with Crippen molar-refractivity contribution in [2.24, 2.45) is 0 Å². The second-order valence-corrected chi connectivity index (χ2v) is 7.30. The van der Waals surface area contributed by atoms with Gasteiger partial charge < -0.3 is 5.73 Å². The van der Waals surface area contributed by atoms with Crippen molar-refractivity contribution in [2.45, 2.75) is 20.4 Å². The molecule has 2 heterocycles. The molecule has 164 valence electrons. The molecular weight excluding hydrogens is 412 g/mol. The van der Waals surface area contributed by atoms with Gasteiger partial charge in [-0.3, -0.25) is 4.90 Å². The van der Waals surface area contributed by atoms with E-state index in [0.717, 1.165) is 41.5 Å². The van der Waals surface area contributed by atoms with Gasteiger partial charge in [-0.2, -0.15) is 4.68 Å². The van der Waals surface area contributed by atoms with Gasteiger partial charge in [-0.1, -0.05) is 44.2 Å². The Morgan fingerprint density at radius 3 is 2.47 bits per heavy atom. The molecule has 2 aromatic carbocycles. The Balaban J connectivity index is 1.70. The van der Waals surface area contributed by atoms with Crippen molar-refractivity contribution in [3.05, 3.63) is 71.9 Å². The molecule has 0 amide bonds. The van der Waals surface area contributed by atoms with E-state index in [2.05, 4.69) is 51.4 Å². The summed E-state index contributed by atoms with van der Waals surface area (Å²) in [6.45, 7) is 7.15. The summed E-state index contributed by atoms with van der Waals surface area (Å²) in [6.07, 6.45) is 1.66. The number of hydrogen-bond donors (Lipinski definition) is 1. The molecule has 0 saturated carbocycles. The van der Waals surface area contributed by atoms with Crippen LogP contribution in [0.5, 0.6) is 0 Å². The van der Waals surface area contributed by atoms with Gasteiger partial charge in [0.25, 0.3) is 0 Å². The van der Waals surface area contributed by atoms with E-state index in [-0.39, 0.29) is 17.3 Å². The molecule has 0 saturated heterocycles. The van der Waals surface area contributed by atoms with Gasteiger partial charge in [-0.15, -0.1) is 5.10 Å². The number of nitrogen functional groups attached to an aromatic ring is 1. The van der Waals surface area contributed by atoms with Crippen molar-refractivity contribution < 1.29 is 8.78 Å². The van der Waals surface area contributed by atoms with Gasteiger partial charge in [-0.05, 0) is 52.8 Å². The summed E-state index contributed by atoms with van der Waals surface area (Å²) in [4.78, 5) is 6.61. The minimum absolute atomic E-state index is 0.115. The lowest BCUT2D eigenvalue weighted by atomic mass is 10.0. The van der Waals surface area contributed by atoms with Crippen LogP contribution in [0.1, 0.15) is 19.4 Å². The number of anilines is 1. The maximum atomic E-state index is 14.3. The van der Waals surface area contributed by atoms with Gasteiger partial charge in [-0.25, -0.2) is 13.8 Å². The minimum atomic E-state index is -1.05. The Morgan fingerprint density at radius 2 is 1.75 bits per heavy atom. The van der Waals surface area contributed by atoms with Crippen LogP contribution in [0, 0.1) is 11.6 Å². The molecule has 9 heteroatoms. The first-order valence-electron chi connectivity index (χ1n) is 10.3. The first kappa shape index (κ1) is 21.5. The van der Waals surface area contributed by atoms with Crippen LogP contribution in [0.2, 0.25) is 0 Å². The van der Waals surface area contributed by atoms with Crippen LogP contribution in [0.15, 0.2) is 54.7 Å². The minimum Gasteiger partial charge on any atom is -0.383 e. The summed E-state index contributed by atoms with van der Waals surface area (Å²) >= 11 is 0. The first-order chi connectivity index (χ1) is 15.5. The van der Waals surface area contributed by atoms with E-state index in [1.165, 1.54) is 17.7 Å². The fraction of sp³-hybridized carbons (Fsp3) is 0.217. The highest BCUT2D eigenvalue weighted by molar-refractivity contribution is 5.76. The number of rotatable bonds is 7. The Kier molecular flexibility index (Phi) is 6.18. The Morgan fingerprint density at radius 1 is 1.00 bits per heavy atom. The highest BCUT2D eigenvalue weighted by Gasteiger charge is 2.19. The molecule has 0 unspecified atom stereocenters. The fourth-order valence-corrected chi connectivity index (χ4v) is 3.49. The second-order valence-electron chi connectivity index (χ2n) is 7.30. The number of benzene rings is 2. The molecule has 32 heavy (non-hydrogen) atoms. The third-order valence-corrected chi connectivity index (χ3v) is 5.38. The van der Waals surface area contributed by atoms with Crippen molar-refractivity contribution in [2.75, 3.05) is 18.8 Å². The smallest absolute Gasteiger partial charge is 0.190 e. The van der Waals surface area contributed by atoms with Crippen LogP contribution in [0.25, 0.3) is 28.2 Å². The van der Waals surface area contributed by atoms with Gasteiger partial charge >= 0.3 is 0 Å². The molecule has 2 N–H and O–H groups in total. The zero-order chi connectivity index (χ0) is 22.7. The molecule has 0 atom stereocenters. The number of nitrogens with zero attached hydrogens (tertiary/aromatic N) is 6. The molecule has 0 radical (unpaired) electrons. The van der Waals surface area contributed by atoms with Crippen molar-refractivity contribution in [1.29, 1.82) is 0 Å². The Bertz CT molecular complexity index is 1220. The van der Waals surface area contributed by atoms with Crippen molar-refractivity contribution in [1.82, 2.24) is 30.1 Å². The predicted molar refractivity (Wildman–Crippen MR) is 119 cm³/mol. The lowest BCUT2D eigenvalue weighted by Gasteiger charge is -2.18. The van der Waals surface area contributed by atoms with Gasteiger partial charge in [0.15, 0.2) is 17.5 Å². The molecule has 2 aromatic heterocycles. The van der Waals surface area contributed by atoms with Crippen molar-refractivity contribution in [3.8, 4) is 28.2 Å². The zero-order valence-corrected chi connectivity index (χ0v) is 17.8. The van der Waals surface area contributed by atoms with E-state index in [0.29, 0.717) is 5.56 Å². The topological polar surface area (TPSA) is 85.8 Å². The highest BCUT2D eigenvalue weighted by Crippen LogP contribution is 2.30. The highest BCUT2D eigenvalue weighted by atomic mass is 19.2. The molecule has 0 spiro atoms. The van der Waals surface area contributed by atoms with E-state index in [4.69, 9.17) is 5.73 Å². The number of aromatic nitrogens is 5. The molecule has 7 nitrogen and oxygen atoms in total. The monoisotopic (exact) mass is 435 g/mol. The summed E-state index contributed by atoms with van der Waals surface area (Å²) in [5.41, 5.74) is 9.36. The molecule has 0 aliphatic heterocycles. The maximum absolute atomic E-state index is 14.3. The number of halogens is 2. The predicted octanol–water partition coefficient (Wildman–Crippen LogP) is 4.09. The largest absolute Gasteiger partial charge is 0.383 e. The van der Waals surface area contributed by atoms with Crippen LogP contribution >= 0.6 is 0 Å². The normalized spacial score (nSPS) is 11.3. The van der Waals surface area contributed by atoms with Gasteiger partial charge in [0, 0.05) is 18.3 Å². The third-order valence-electron chi connectivity index (χ3n) is 5.38.